The SMILES string of the molecule is CCCC[C@]12c3cc4ccccc4cc3-c3c1c1c(c4cc5ccccc5c5c6c7ccccc7cc7c8c(c9c(c%10c%11ccccc%11c%108)-c8cc%10ccccc%10cc8[C@@]92CCCC)c(c76)c1c45)c1c2ccccc2c31. The van der Waals surface area contributed by atoms with Crippen molar-refractivity contribution in [3.8, 4) is 22.3 Å². The van der Waals surface area contributed by atoms with Crippen molar-refractivity contribution < 1.29 is 0 Å². The van der Waals surface area contributed by atoms with Crippen molar-refractivity contribution >= 4 is 151 Å². The minimum Gasteiger partial charge on any atom is -0.0654 e. The molecule has 0 heteroatoms. The molecule has 2 atom stereocenters. The summed E-state index contributed by atoms with van der Waals surface area (Å²) in [5.41, 5.74) is 11.4. The normalized spacial score (nSPS) is 17.8. The van der Waals surface area contributed by atoms with Gasteiger partial charge in [0.05, 0.1) is 0 Å². The number of benzene rings is 13. The summed E-state index contributed by atoms with van der Waals surface area (Å²) in [6.07, 6.45) is 6.61. The predicted octanol–water partition coefficient (Wildman–Crippen LogP) is 21.5. The van der Waals surface area contributed by atoms with Gasteiger partial charge in [0.15, 0.2) is 0 Å². The van der Waals surface area contributed by atoms with Crippen LogP contribution in [0.15, 0.2) is 182 Å². The van der Waals surface area contributed by atoms with Gasteiger partial charge in [-0.05, 0) is 245 Å². The molecule has 0 saturated carbocycles. The van der Waals surface area contributed by atoms with E-state index in [2.05, 4.69) is 196 Å². The van der Waals surface area contributed by atoms with E-state index < -0.39 is 10.8 Å². The molecule has 0 N–H and O–H groups in total. The molecule has 0 saturated heterocycles. The van der Waals surface area contributed by atoms with Gasteiger partial charge in [0.2, 0.25) is 0 Å². The Balaban J connectivity index is 1.22. The van der Waals surface area contributed by atoms with Gasteiger partial charge in [0.25, 0.3) is 0 Å². The van der Waals surface area contributed by atoms with E-state index in [9.17, 15) is 0 Å². The molecule has 76 heavy (non-hydrogen) atoms. The molecule has 0 amide bonds. The monoisotopic (exact) mass is 960 g/mol. The minimum absolute atomic E-state index is 0.440. The molecule has 0 spiro atoms. The minimum atomic E-state index is -0.440. The number of hydrogen-bond donors (Lipinski definition) is 0. The Bertz CT molecular complexity index is 5210. The summed E-state index contributed by atoms with van der Waals surface area (Å²) in [4.78, 5) is 0. The highest BCUT2D eigenvalue weighted by Gasteiger charge is 2.64. The van der Waals surface area contributed by atoms with Crippen LogP contribution in [0.3, 0.4) is 0 Å². The number of hydrogen-bond acceptors (Lipinski definition) is 0. The van der Waals surface area contributed by atoms with Crippen LogP contribution in [0.25, 0.3) is 173 Å². The molecule has 0 fully saturated rings. The quantitative estimate of drug-likeness (QED) is 0.146. The van der Waals surface area contributed by atoms with Crippen LogP contribution < -0.4 is 0 Å². The van der Waals surface area contributed by atoms with Gasteiger partial charge < -0.3 is 0 Å². The average molecular weight is 961 g/mol. The molecule has 3 aliphatic carbocycles. The molecule has 0 unspecified atom stereocenters. The van der Waals surface area contributed by atoms with E-state index >= 15 is 0 Å². The first-order chi connectivity index (χ1) is 37.7. The van der Waals surface area contributed by atoms with Crippen LogP contribution in [0, 0.1) is 0 Å². The van der Waals surface area contributed by atoms with Crippen molar-refractivity contribution in [2.45, 2.75) is 63.2 Å². The first kappa shape index (κ1) is 39.8. The maximum absolute atomic E-state index is 2.74. The van der Waals surface area contributed by atoms with Gasteiger partial charge in [-0.1, -0.05) is 185 Å². The predicted molar refractivity (Wildman–Crippen MR) is 328 cm³/mol. The Morgan fingerprint density at radius 2 is 0.566 bits per heavy atom. The highest BCUT2D eigenvalue weighted by Crippen LogP contribution is 2.76. The van der Waals surface area contributed by atoms with Crippen LogP contribution in [0.2, 0.25) is 0 Å². The van der Waals surface area contributed by atoms with Crippen LogP contribution in [0.4, 0.5) is 0 Å². The lowest BCUT2D eigenvalue weighted by Gasteiger charge is -2.52. The maximum atomic E-state index is 2.74. The summed E-state index contributed by atoms with van der Waals surface area (Å²) in [5.74, 6) is 0. The van der Waals surface area contributed by atoms with E-state index in [0.717, 1.165) is 38.5 Å². The van der Waals surface area contributed by atoms with E-state index in [1.54, 1.807) is 33.0 Å². The summed E-state index contributed by atoms with van der Waals surface area (Å²) in [5, 5.41) is 40.0. The summed E-state index contributed by atoms with van der Waals surface area (Å²) in [6, 6.07) is 72.5. The largest absolute Gasteiger partial charge is 0.0654 e. The molecule has 17 aromatic carbocycles. The lowest BCUT2D eigenvalue weighted by molar-refractivity contribution is 0.272. The second-order valence-corrected chi connectivity index (χ2v) is 23.6. The second-order valence-electron chi connectivity index (χ2n) is 23.6. The number of rotatable bonds is 6. The smallest absolute Gasteiger partial charge is 0.0359 e. The van der Waals surface area contributed by atoms with Gasteiger partial charge in [-0.25, -0.2) is 0 Å². The summed E-state index contributed by atoms with van der Waals surface area (Å²) < 4.78 is 0. The molecule has 0 aliphatic heterocycles. The molecule has 3 aliphatic rings. The second kappa shape index (κ2) is 13.1. The Morgan fingerprint density at radius 1 is 0.263 bits per heavy atom. The third kappa shape index (κ3) is 4.00. The zero-order valence-electron chi connectivity index (χ0n) is 42.6. The highest BCUT2D eigenvalue weighted by molar-refractivity contribution is 6.59. The van der Waals surface area contributed by atoms with Gasteiger partial charge in [-0.15, -0.1) is 0 Å². The van der Waals surface area contributed by atoms with Crippen LogP contribution >= 0.6 is 0 Å². The molecule has 352 valence electrons. The summed E-state index contributed by atoms with van der Waals surface area (Å²) >= 11 is 0. The standard InChI is InChI=1S/C76H48/c1-3-5-31-75-55-37-41-21-9-7-19-39(41)33-51(55)67-61-49-29-17-15-27-47(49)59(61)65-53-35-43-23-11-13-25-45(43)57-58-46-26-14-12-24-44(46)36-54-64(58)70(69(63(53)57)71(65)73(67)75)72-66(54)60-48-28-16-18-30-50(48)62(60)68-52-34-40-20-8-10-22-42(40)38-56(52)76(75,74(68)72)32-6-4-2/h7-30,33-38H,3-6,31-32H2,1-2H3/t75-,76-/m0/s1. The molecule has 17 aromatic rings. The van der Waals surface area contributed by atoms with E-state index in [-0.39, 0.29) is 0 Å². The zero-order chi connectivity index (χ0) is 49.2. The van der Waals surface area contributed by atoms with E-state index in [1.807, 2.05) is 0 Å². The fourth-order valence-electron chi connectivity index (χ4n) is 18.2. The third-order valence-corrected chi connectivity index (χ3v) is 20.7. The Hall–Kier alpha value is -8.58. The maximum Gasteiger partial charge on any atom is 0.0359 e. The molecular formula is C76H48. The molecule has 0 radical (unpaired) electrons. The lowest BCUT2D eigenvalue weighted by atomic mass is 9.49. The van der Waals surface area contributed by atoms with Gasteiger partial charge in [0.1, 0.15) is 0 Å². The van der Waals surface area contributed by atoms with Crippen molar-refractivity contribution in [2.24, 2.45) is 0 Å². The van der Waals surface area contributed by atoms with Crippen LogP contribution in [-0.2, 0) is 10.8 Å². The van der Waals surface area contributed by atoms with Crippen molar-refractivity contribution in [3.05, 3.63) is 204 Å². The number of unbranched alkanes of at least 4 members (excludes halogenated alkanes) is 2. The molecule has 0 bridgehead atoms. The molecule has 0 heterocycles. The van der Waals surface area contributed by atoms with E-state index in [0.29, 0.717) is 0 Å². The van der Waals surface area contributed by atoms with Crippen LogP contribution in [-0.4, -0.2) is 0 Å². The Morgan fingerprint density at radius 3 is 0.961 bits per heavy atom. The number of fused-ring (bicyclic) bond motifs is 28. The lowest BCUT2D eigenvalue weighted by Crippen LogP contribution is -2.49. The summed E-state index contributed by atoms with van der Waals surface area (Å²) in [7, 11) is 0. The highest BCUT2D eigenvalue weighted by atomic mass is 14.7. The van der Waals surface area contributed by atoms with Crippen molar-refractivity contribution in [3.63, 3.8) is 0 Å². The third-order valence-electron chi connectivity index (χ3n) is 20.7. The Labute approximate surface area is 438 Å². The molecule has 0 aromatic heterocycles. The average Bonchev–Trinajstić information content (AvgIpc) is 3.46. The molecule has 0 nitrogen and oxygen atoms in total. The van der Waals surface area contributed by atoms with Gasteiger partial charge >= 0.3 is 0 Å². The van der Waals surface area contributed by atoms with Crippen molar-refractivity contribution in [1.82, 2.24) is 0 Å². The zero-order valence-corrected chi connectivity index (χ0v) is 42.6. The van der Waals surface area contributed by atoms with Crippen LogP contribution in [0.5, 0.6) is 0 Å². The fourth-order valence-corrected chi connectivity index (χ4v) is 18.2. The van der Waals surface area contributed by atoms with E-state index in [4.69, 9.17) is 0 Å². The van der Waals surface area contributed by atoms with Crippen molar-refractivity contribution in [1.29, 1.82) is 0 Å². The van der Waals surface area contributed by atoms with Crippen LogP contribution in [0.1, 0.15) is 74.6 Å². The summed E-state index contributed by atoms with van der Waals surface area (Å²) in [6.45, 7) is 4.90. The van der Waals surface area contributed by atoms with Gasteiger partial charge in [0, 0.05) is 10.8 Å². The van der Waals surface area contributed by atoms with Gasteiger partial charge in [-0.2, -0.15) is 0 Å². The molecule has 20 rings (SSSR count). The molecular weight excluding hydrogens is 913 g/mol. The topological polar surface area (TPSA) is 0 Å². The Kier molecular flexibility index (Phi) is 6.85. The first-order valence-electron chi connectivity index (χ1n) is 28.3. The van der Waals surface area contributed by atoms with E-state index in [1.165, 1.54) is 162 Å². The van der Waals surface area contributed by atoms with Gasteiger partial charge in [-0.3, -0.25) is 0 Å². The van der Waals surface area contributed by atoms with Crippen molar-refractivity contribution in [2.75, 3.05) is 0 Å². The first-order valence-corrected chi connectivity index (χ1v) is 28.3. The fraction of sp³-hybridized carbons (Fsp3) is 0.132.